The van der Waals surface area contributed by atoms with Gasteiger partial charge in [0.2, 0.25) is 11.4 Å². The van der Waals surface area contributed by atoms with Crippen molar-refractivity contribution in [3.05, 3.63) is 23.5 Å². The molecule has 0 aliphatic heterocycles. The summed E-state index contributed by atoms with van der Waals surface area (Å²) in [6.07, 6.45) is 2.56. The van der Waals surface area contributed by atoms with E-state index in [-0.39, 0.29) is 11.9 Å². The van der Waals surface area contributed by atoms with Gasteiger partial charge in [-0.3, -0.25) is 4.79 Å². The van der Waals surface area contributed by atoms with Gasteiger partial charge in [-0.15, -0.1) is 0 Å². The van der Waals surface area contributed by atoms with Crippen molar-refractivity contribution in [2.75, 3.05) is 0 Å². The minimum absolute atomic E-state index is 0.0550. The van der Waals surface area contributed by atoms with Gasteiger partial charge in [0, 0.05) is 5.57 Å². The quantitative estimate of drug-likeness (QED) is 0.724. The van der Waals surface area contributed by atoms with Crippen LogP contribution in [0.25, 0.3) is 0 Å². The van der Waals surface area contributed by atoms with Gasteiger partial charge in [0.15, 0.2) is 0 Å². The van der Waals surface area contributed by atoms with Crippen LogP contribution in [0.3, 0.4) is 0 Å². The van der Waals surface area contributed by atoms with Gasteiger partial charge in [0.05, 0.1) is 6.10 Å². The van der Waals surface area contributed by atoms with Crippen LogP contribution in [0.2, 0.25) is 0 Å². The van der Waals surface area contributed by atoms with Gasteiger partial charge < -0.3 is 9.84 Å². The molecule has 1 atom stereocenters. The Morgan fingerprint density at radius 1 is 1.53 bits per heavy atom. The van der Waals surface area contributed by atoms with Crippen molar-refractivity contribution < 1.29 is 14.6 Å². The maximum atomic E-state index is 12.0. The molecule has 0 bridgehead atoms. The van der Waals surface area contributed by atoms with E-state index in [9.17, 15) is 9.90 Å². The average molecular weight is 238 g/mol. The summed E-state index contributed by atoms with van der Waals surface area (Å²) >= 11 is 0. The molecule has 0 radical (unpaired) electrons. The Kier molecular flexibility index (Phi) is 4.15. The van der Waals surface area contributed by atoms with Gasteiger partial charge in [-0.2, -0.15) is 0 Å². The smallest absolute Gasteiger partial charge is 0.206 e. The molecular weight excluding hydrogens is 216 g/mol. The third kappa shape index (κ3) is 2.29. The molecule has 0 spiro atoms. The number of aliphatic hydroxyl groups is 1. The number of unbranched alkanes of at least 4 members (excludes halogenated alkanes) is 1. The van der Waals surface area contributed by atoms with Crippen LogP contribution in [0.15, 0.2) is 23.5 Å². The first-order valence-electron chi connectivity index (χ1n) is 6.19. The van der Waals surface area contributed by atoms with E-state index in [0.29, 0.717) is 23.3 Å². The molecule has 0 aromatic rings. The van der Waals surface area contributed by atoms with Crippen molar-refractivity contribution in [3.63, 3.8) is 0 Å². The molecule has 3 heteroatoms. The number of rotatable bonds is 6. The summed E-state index contributed by atoms with van der Waals surface area (Å²) in [7, 11) is 0. The molecule has 1 aliphatic carbocycles. The Balaban J connectivity index is 3.02. The predicted molar refractivity (Wildman–Crippen MR) is 67.5 cm³/mol. The largest absolute Gasteiger partial charge is 0.491 e. The Morgan fingerprint density at radius 2 is 2.12 bits per heavy atom. The minimum atomic E-state index is -1.58. The molecule has 3 nitrogen and oxygen atoms in total. The van der Waals surface area contributed by atoms with Crippen LogP contribution in [0.5, 0.6) is 0 Å². The summed E-state index contributed by atoms with van der Waals surface area (Å²) < 4.78 is 5.59. The van der Waals surface area contributed by atoms with Crippen molar-refractivity contribution in [3.8, 4) is 0 Å². The number of hydrogen-bond acceptors (Lipinski definition) is 3. The minimum Gasteiger partial charge on any atom is -0.491 e. The van der Waals surface area contributed by atoms with Crippen molar-refractivity contribution in [2.24, 2.45) is 0 Å². The zero-order valence-electron chi connectivity index (χ0n) is 11.2. The fourth-order valence-corrected chi connectivity index (χ4v) is 1.94. The fourth-order valence-electron chi connectivity index (χ4n) is 1.94. The van der Waals surface area contributed by atoms with Crippen LogP contribution >= 0.6 is 0 Å². The number of carbonyl (C=O) groups is 1. The van der Waals surface area contributed by atoms with E-state index in [2.05, 4.69) is 13.5 Å². The first kappa shape index (κ1) is 14.0. The van der Waals surface area contributed by atoms with Crippen LogP contribution in [0, 0.1) is 0 Å². The molecule has 1 N–H and O–H groups in total. The number of ketones is 1. The Hall–Kier alpha value is -1.09. The first-order valence-corrected chi connectivity index (χ1v) is 6.19. The van der Waals surface area contributed by atoms with E-state index >= 15 is 0 Å². The lowest BCUT2D eigenvalue weighted by Crippen LogP contribution is -2.53. The predicted octanol–water partition coefficient (Wildman–Crippen LogP) is 2.75. The summed E-state index contributed by atoms with van der Waals surface area (Å²) in [6, 6.07) is 0. The molecule has 0 heterocycles. The van der Waals surface area contributed by atoms with E-state index in [1.165, 1.54) is 0 Å². The number of carbonyl (C=O) groups excluding carboxylic acids is 1. The van der Waals surface area contributed by atoms with Crippen LogP contribution in [-0.4, -0.2) is 22.6 Å². The molecule has 17 heavy (non-hydrogen) atoms. The molecule has 1 rings (SSSR count). The zero-order chi connectivity index (χ0) is 13.2. The molecule has 0 aromatic heterocycles. The van der Waals surface area contributed by atoms with Gasteiger partial charge in [-0.1, -0.05) is 19.9 Å². The molecule has 0 amide bonds. The highest BCUT2D eigenvalue weighted by molar-refractivity contribution is 6.13. The van der Waals surface area contributed by atoms with Crippen molar-refractivity contribution >= 4 is 5.78 Å². The highest BCUT2D eigenvalue weighted by Gasteiger charge is 2.54. The van der Waals surface area contributed by atoms with E-state index < -0.39 is 5.60 Å². The Bertz CT molecular complexity index is 366. The second kappa shape index (κ2) is 5.05. The van der Waals surface area contributed by atoms with E-state index in [4.69, 9.17) is 4.74 Å². The van der Waals surface area contributed by atoms with E-state index in [1.807, 2.05) is 13.8 Å². The zero-order valence-corrected chi connectivity index (χ0v) is 11.2. The Labute approximate surface area is 103 Å². The second-order valence-corrected chi connectivity index (χ2v) is 4.90. The maximum Gasteiger partial charge on any atom is 0.206 e. The molecule has 0 fully saturated rings. The van der Waals surface area contributed by atoms with Gasteiger partial charge in [0.25, 0.3) is 0 Å². The topological polar surface area (TPSA) is 46.5 Å². The standard InChI is InChI=1S/C14H22O3/c1-6-7-8-11-12(15)14(16,9(2)3)13(11)17-10(4)5/h10,16H,2,6-8H2,1,3-5H3. The third-order valence-electron chi connectivity index (χ3n) is 2.96. The van der Waals surface area contributed by atoms with Gasteiger partial charge in [0.1, 0.15) is 5.76 Å². The summed E-state index contributed by atoms with van der Waals surface area (Å²) in [5, 5.41) is 10.3. The highest BCUT2D eigenvalue weighted by Crippen LogP contribution is 2.43. The number of hydrogen-bond donors (Lipinski definition) is 1. The normalized spacial score (nSPS) is 24.0. The van der Waals surface area contributed by atoms with Crippen LogP contribution in [0.4, 0.5) is 0 Å². The first-order chi connectivity index (χ1) is 7.85. The molecule has 96 valence electrons. The lowest BCUT2D eigenvalue weighted by molar-refractivity contribution is -0.137. The second-order valence-electron chi connectivity index (χ2n) is 4.90. The Morgan fingerprint density at radius 3 is 2.53 bits per heavy atom. The maximum absolute atomic E-state index is 12.0. The SMILES string of the molecule is C=C(C)C1(O)C(=O)C(CCCC)=C1OC(C)C. The van der Waals surface area contributed by atoms with Gasteiger partial charge in [-0.05, 0) is 39.2 Å². The lowest BCUT2D eigenvalue weighted by Gasteiger charge is -2.40. The molecule has 1 aliphatic rings. The van der Waals surface area contributed by atoms with Crippen molar-refractivity contribution in [1.29, 1.82) is 0 Å². The summed E-state index contributed by atoms with van der Waals surface area (Å²) in [4.78, 5) is 12.0. The van der Waals surface area contributed by atoms with Crippen LogP contribution < -0.4 is 0 Å². The average Bonchev–Trinajstić information content (AvgIpc) is 2.26. The van der Waals surface area contributed by atoms with Gasteiger partial charge in [-0.25, -0.2) is 0 Å². The summed E-state index contributed by atoms with van der Waals surface area (Å²) in [5.74, 6) is 0.174. The van der Waals surface area contributed by atoms with E-state index in [0.717, 1.165) is 12.8 Å². The molecular formula is C14H22O3. The van der Waals surface area contributed by atoms with Gasteiger partial charge >= 0.3 is 0 Å². The van der Waals surface area contributed by atoms with Crippen molar-refractivity contribution in [2.45, 2.75) is 58.7 Å². The molecule has 1 unspecified atom stereocenters. The van der Waals surface area contributed by atoms with E-state index in [1.54, 1.807) is 6.92 Å². The number of ether oxygens (including phenoxy) is 1. The molecule has 0 aromatic carbocycles. The lowest BCUT2D eigenvalue weighted by atomic mass is 9.72. The summed E-state index contributed by atoms with van der Waals surface area (Å²) in [6.45, 7) is 11.2. The van der Waals surface area contributed by atoms with Crippen molar-refractivity contribution in [1.82, 2.24) is 0 Å². The van der Waals surface area contributed by atoms with Crippen LogP contribution in [-0.2, 0) is 9.53 Å². The monoisotopic (exact) mass is 238 g/mol. The molecule has 0 saturated heterocycles. The fraction of sp³-hybridized carbons (Fsp3) is 0.643. The number of Topliss-reactive ketones (excluding diaryl/α,β-unsaturated/α-hetero) is 1. The van der Waals surface area contributed by atoms with Crippen LogP contribution in [0.1, 0.15) is 47.0 Å². The summed E-state index contributed by atoms with van der Waals surface area (Å²) in [5.41, 5.74) is -0.516. The molecule has 0 saturated carbocycles. The third-order valence-corrected chi connectivity index (χ3v) is 2.96. The highest BCUT2D eigenvalue weighted by atomic mass is 16.5.